The molecular weight excluding hydrogens is 174 g/mol. The highest BCUT2D eigenvalue weighted by atomic mass is 16.7. The predicted molar refractivity (Wildman–Crippen MR) is 57.9 cm³/mol. The summed E-state index contributed by atoms with van der Waals surface area (Å²) in [5.41, 5.74) is 0. The average Bonchev–Trinajstić information content (AvgIpc) is 2.63. The molecule has 0 N–H and O–H groups in total. The molecule has 2 fully saturated rings. The van der Waals surface area contributed by atoms with Crippen molar-refractivity contribution in [2.24, 2.45) is 5.92 Å². The first-order chi connectivity index (χ1) is 6.92. The molecule has 1 aliphatic carbocycles. The highest BCUT2D eigenvalue weighted by Crippen LogP contribution is 2.33. The third-order valence-corrected chi connectivity index (χ3v) is 3.68. The predicted octanol–water partition coefficient (Wildman–Crippen LogP) is 2.98. The molecule has 0 spiro atoms. The second-order valence-electron chi connectivity index (χ2n) is 4.76. The van der Waals surface area contributed by atoms with Gasteiger partial charge in [-0.1, -0.05) is 32.6 Å². The van der Waals surface area contributed by atoms with E-state index in [4.69, 9.17) is 4.84 Å². The fourth-order valence-corrected chi connectivity index (χ4v) is 2.80. The van der Waals surface area contributed by atoms with Crippen LogP contribution in [0.3, 0.4) is 0 Å². The summed E-state index contributed by atoms with van der Waals surface area (Å²) >= 11 is 0. The number of nitrogens with zero attached hydrogens (tertiary/aromatic N) is 1. The van der Waals surface area contributed by atoms with Gasteiger partial charge in [-0.25, -0.2) is 0 Å². The number of hydrogen-bond donors (Lipinski definition) is 0. The number of fused-ring (bicyclic) bond motifs is 1. The number of hydroxylamine groups is 2. The van der Waals surface area contributed by atoms with Crippen LogP contribution >= 0.6 is 0 Å². The molecule has 2 unspecified atom stereocenters. The molecule has 0 aromatic rings. The van der Waals surface area contributed by atoms with Gasteiger partial charge in [0.05, 0.1) is 6.61 Å². The Kier molecular flexibility index (Phi) is 3.82. The van der Waals surface area contributed by atoms with Crippen LogP contribution in [0, 0.1) is 5.92 Å². The lowest BCUT2D eigenvalue weighted by Crippen LogP contribution is -2.34. The molecule has 14 heavy (non-hydrogen) atoms. The Morgan fingerprint density at radius 3 is 2.93 bits per heavy atom. The quantitative estimate of drug-likeness (QED) is 0.642. The summed E-state index contributed by atoms with van der Waals surface area (Å²) in [6.07, 6.45) is 9.56. The molecule has 1 saturated heterocycles. The van der Waals surface area contributed by atoms with Crippen LogP contribution in [-0.2, 0) is 4.84 Å². The highest BCUT2D eigenvalue weighted by Gasteiger charge is 2.36. The molecule has 0 radical (unpaired) electrons. The zero-order chi connectivity index (χ0) is 9.80. The third-order valence-electron chi connectivity index (χ3n) is 3.68. The van der Waals surface area contributed by atoms with Gasteiger partial charge in [0.15, 0.2) is 0 Å². The lowest BCUT2D eigenvalue weighted by molar-refractivity contribution is -0.134. The molecule has 1 aliphatic heterocycles. The molecule has 2 aliphatic rings. The monoisotopic (exact) mass is 197 g/mol. The summed E-state index contributed by atoms with van der Waals surface area (Å²) < 4.78 is 0. The summed E-state index contributed by atoms with van der Waals surface area (Å²) in [5, 5.41) is 2.29. The van der Waals surface area contributed by atoms with Gasteiger partial charge in [-0.2, -0.15) is 5.06 Å². The lowest BCUT2D eigenvalue weighted by atomic mass is 9.86. The van der Waals surface area contributed by atoms with E-state index < -0.39 is 0 Å². The first-order valence-electron chi connectivity index (χ1n) is 6.31. The molecule has 0 aromatic carbocycles. The van der Waals surface area contributed by atoms with Crippen molar-refractivity contribution < 1.29 is 4.84 Å². The van der Waals surface area contributed by atoms with Crippen LogP contribution < -0.4 is 0 Å². The van der Waals surface area contributed by atoms with Crippen molar-refractivity contribution in [1.82, 2.24) is 5.06 Å². The SMILES string of the molecule is CCCCCN1OCC2CCCCC21. The van der Waals surface area contributed by atoms with Crippen molar-refractivity contribution in [2.45, 2.75) is 57.9 Å². The van der Waals surface area contributed by atoms with E-state index in [0.29, 0.717) is 0 Å². The lowest BCUT2D eigenvalue weighted by Gasteiger charge is -2.28. The molecule has 0 amide bonds. The van der Waals surface area contributed by atoms with Crippen molar-refractivity contribution in [3.05, 3.63) is 0 Å². The maximum absolute atomic E-state index is 5.78. The molecule has 2 atom stereocenters. The zero-order valence-corrected chi connectivity index (χ0v) is 9.37. The fraction of sp³-hybridized carbons (Fsp3) is 1.00. The van der Waals surface area contributed by atoms with Crippen LogP contribution in [-0.4, -0.2) is 24.3 Å². The topological polar surface area (TPSA) is 12.5 Å². The van der Waals surface area contributed by atoms with Crippen LogP contribution in [0.2, 0.25) is 0 Å². The van der Waals surface area contributed by atoms with Crippen molar-refractivity contribution >= 4 is 0 Å². The van der Waals surface area contributed by atoms with Crippen molar-refractivity contribution in [3.63, 3.8) is 0 Å². The first kappa shape index (κ1) is 10.4. The molecular formula is C12H23NO. The minimum Gasteiger partial charge on any atom is -0.298 e. The molecule has 1 saturated carbocycles. The zero-order valence-electron chi connectivity index (χ0n) is 9.37. The second-order valence-corrected chi connectivity index (χ2v) is 4.76. The van der Waals surface area contributed by atoms with E-state index in [9.17, 15) is 0 Å². The van der Waals surface area contributed by atoms with E-state index in [1.54, 1.807) is 0 Å². The molecule has 0 aromatic heterocycles. The van der Waals surface area contributed by atoms with Crippen LogP contribution in [0.4, 0.5) is 0 Å². The molecule has 82 valence electrons. The Bertz CT molecular complexity index is 172. The van der Waals surface area contributed by atoms with E-state index in [1.165, 1.54) is 44.9 Å². The van der Waals surface area contributed by atoms with E-state index in [-0.39, 0.29) is 0 Å². The normalized spacial score (nSPS) is 33.2. The summed E-state index contributed by atoms with van der Waals surface area (Å²) in [4.78, 5) is 5.78. The van der Waals surface area contributed by atoms with Gasteiger partial charge in [-0.3, -0.25) is 4.84 Å². The van der Waals surface area contributed by atoms with Gasteiger partial charge in [0.2, 0.25) is 0 Å². The first-order valence-corrected chi connectivity index (χ1v) is 6.31. The summed E-state index contributed by atoms with van der Waals surface area (Å²) in [6.45, 7) is 4.42. The minimum absolute atomic E-state index is 0.764. The molecule has 2 heteroatoms. The van der Waals surface area contributed by atoms with Gasteiger partial charge in [-0.05, 0) is 19.3 Å². The van der Waals surface area contributed by atoms with Gasteiger partial charge in [0, 0.05) is 18.5 Å². The van der Waals surface area contributed by atoms with Gasteiger partial charge < -0.3 is 0 Å². The van der Waals surface area contributed by atoms with E-state index in [0.717, 1.165) is 25.1 Å². The Morgan fingerprint density at radius 1 is 1.21 bits per heavy atom. The van der Waals surface area contributed by atoms with Gasteiger partial charge in [-0.15, -0.1) is 0 Å². The van der Waals surface area contributed by atoms with Crippen LogP contribution in [0.15, 0.2) is 0 Å². The van der Waals surface area contributed by atoms with Crippen LogP contribution in [0.25, 0.3) is 0 Å². The summed E-state index contributed by atoms with van der Waals surface area (Å²) in [5.74, 6) is 0.852. The van der Waals surface area contributed by atoms with Gasteiger partial charge in [0.25, 0.3) is 0 Å². The second kappa shape index (κ2) is 5.13. The largest absolute Gasteiger partial charge is 0.298 e. The van der Waals surface area contributed by atoms with Crippen LogP contribution in [0.5, 0.6) is 0 Å². The number of hydrogen-bond acceptors (Lipinski definition) is 2. The summed E-state index contributed by atoms with van der Waals surface area (Å²) in [6, 6.07) is 0.764. The number of unbranched alkanes of at least 4 members (excludes halogenated alkanes) is 2. The molecule has 0 bridgehead atoms. The van der Waals surface area contributed by atoms with Crippen molar-refractivity contribution in [2.75, 3.05) is 13.2 Å². The van der Waals surface area contributed by atoms with Crippen molar-refractivity contribution in [3.8, 4) is 0 Å². The molecule has 2 rings (SSSR count). The maximum atomic E-state index is 5.78. The molecule has 1 heterocycles. The third kappa shape index (κ3) is 2.29. The van der Waals surface area contributed by atoms with E-state index >= 15 is 0 Å². The average molecular weight is 197 g/mol. The van der Waals surface area contributed by atoms with E-state index in [1.807, 2.05) is 0 Å². The van der Waals surface area contributed by atoms with Crippen LogP contribution in [0.1, 0.15) is 51.9 Å². The van der Waals surface area contributed by atoms with Crippen molar-refractivity contribution in [1.29, 1.82) is 0 Å². The van der Waals surface area contributed by atoms with E-state index in [2.05, 4.69) is 12.0 Å². The Morgan fingerprint density at radius 2 is 2.07 bits per heavy atom. The Balaban J connectivity index is 1.76. The fourth-order valence-electron chi connectivity index (χ4n) is 2.80. The number of rotatable bonds is 4. The maximum Gasteiger partial charge on any atom is 0.0729 e. The van der Waals surface area contributed by atoms with Gasteiger partial charge >= 0.3 is 0 Å². The van der Waals surface area contributed by atoms with Gasteiger partial charge in [0.1, 0.15) is 0 Å². The smallest absolute Gasteiger partial charge is 0.0729 e. The highest BCUT2D eigenvalue weighted by molar-refractivity contribution is 4.83. The summed E-state index contributed by atoms with van der Waals surface area (Å²) in [7, 11) is 0. The standard InChI is InChI=1S/C12H23NO/c1-2-3-6-9-13-12-8-5-4-7-11(12)10-14-13/h11-12H,2-10H2,1H3. The molecule has 2 nitrogen and oxygen atoms in total. The minimum atomic E-state index is 0.764. The Labute approximate surface area is 87.6 Å². The Hall–Kier alpha value is -0.0800.